The number of anilines is 2. The Labute approximate surface area is 353 Å². The van der Waals surface area contributed by atoms with E-state index in [0.29, 0.717) is 17.4 Å². The Kier molecular flexibility index (Phi) is 11.2. The van der Waals surface area contributed by atoms with Crippen molar-refractivity contribution in [3.05, 3.63) is 76.8 Å². The standard InChI is InChI=1S/C47H62N8O3S/c1-32-20-41(55-19-14-34-10-8-12-39(37(34)23-55)53(5)52-43-51-38-11-6-7-13-40(38)59-43)49-22-36(32)35(21-48)33(2)50-30-47-27-44(3)24-45(4,28-47)26-46(25-44,29-47)16-9-17-54(31-56)18-15-42(57)58/h6-8,10-13,20-22,31-32,36,48,50H,9,14-19,23-30H2,1-5H3,(H,51,52)(H,57,58)/b35-33+,48-21?/t32?,36?,44-,45?,46?,47?/m0/s1. The van der Waals surface area contributed by atoms with Crippen molar-refractivity contribution in [2.24, 2.45) is 38.5 Å². The minimum atomic E-state index is -0.868. The van der Waals surface area contributed by atoms with Gasteiger partial charge in [0.05, 0.1) is 22.3 Å². The van der Waals surface area contributed by atoms with E-state index < -0.39 is 5.97 Å². The van der Waals surface area contributed by atoms with Crippen LogP contribution >= 0.6 is 11.3 Å². The fraction of sp³-hybridized carbons (Fsp3) is 0.553. The summed E-state index contributed by atoms with van der Waals surface area (Å²) < 4.78 is 1.16. The van der Waals surface area contributed by atoms with Crippen LogP contribution in [0.25, 0.3) is 10.2 Å². The predicted octanol–water partition coefficient (Wildman–Crippen LogP) is 8.89. The molecule has 4 N–H and O–H groups in total. The second-order valence-corrected chi connectivity index (χ2v) is 20.6. The molecule has 6 aliphatic rings. The molecule has 4 fully saturated rings. The van der Waals surface area contributed by atoms with Gasteiger partial charge in [0.15, 0.2) is 0 Å². The Bertz CT molecular complexity index is 2140. The third-order valence-corrected chi connectivity index (χ3v) is 15.2. The number of allylic oxidation sites excluding steroid dienone is 3. The molecule has 314 valence electrons. The smallest absolute Gasteiger partial charge is 0.305 e. The number of fused-ring (bicyclic) bond motifs is 2. The van der Waals surface area contributed by atoms with E-state index in [-0.39, 0.29) is 35.6 Å². The van der Waals surface area contributed by atoms with Gasteiger partial charge in [-0.3, -0.25) is 20.0 Å². The highest BCUT2D eigenvalue weighted by molar-refractivity contribution is 7.22. The van der Waals surface area contributed by atoms with E-state index in [9.17, 15) is 9.59 Å². The number of carbonyl (C=O) groups excluding carboxylic acids is 1. The summed E-state index contributed by atoms with van der Waals surface area (Å²) in [6.45, 7) is 12.9. The van der Waals surface area contributed by atoms with Crippen molar-refractivity contribution in [2.45, 2.75) is 98.4 Å². The third kappa shape index (κ3) is 8.52. The third-order valence-electron chi connectivity index (χ3n) is 14.2. The monoisotopic (exact) mass is 818 g/mol. The van der Waals surface area contributed by atoms with E-state index in [1.165, 1.54) is 49.7 Å². The van der Waals surface area contributed by atoms with Crippen LogP contribution in [0.1, 0.15) is 96.6 Å². The maximum absolute atomic E-state index is 11.7. The maximum atomic E-state index is 11.7. The zero-order chi connectivity index (χ0) is 41.6. The quantitative estimate of drug-likeness (QED) is 0.0603. The van der Waals surface area contributed by atoms with Crippen LogP contribution in [0, 0.1) is 38.9 Å². The van der Waals surface area contributed by atoms with Crippen LogP contribution in [0.3, 0.4) is 0 Å². The largest absolute Gasteiger partial charge is 0.481 e. The van der Waals surface area contributed by atoms with Gasteiger partial charge in [-0.15, -0.1) is 0 Å². The first-order chi connectivity index (χ1) is 28.2. The summed E-state index contributed by atoms with van der Waals surface area (Å²) in [5.41, 5.74) is 11.4. The zero-order valence-corrected chi connectivity index (χ0v) is 36.3. The number of carbonyl (C=O) groups is 2. The molecule has 0 spiro atoms. The van der Waals surface area contributed by atoms with Gasteiger partial charge in [0, 0.05) is 63.8 Å². The van der Waals surface area contributed by atoms with Crippen LogP contribution < -0.4 is 15.8 Å². The number of benzene rings is 2. The molecule has 0 saturated heterocycles. The summed E-state index contributed by atoms with van der Waals surface area (Å²) in [6.07, 6.45) is 17.0. The molecule has 2 aliphatic heterocycles. The van der Waals surface area contributed by atoms with Gasteiger partial charge in [0.1, 0.15) is 5.82 Å². The number of carboxylic acids is 1. The van der Waals surface area contributed by atoms with Crippen LogP contribution in [0.5, 0.6) is 0 Å². The lowest BCUT2D eigenvalue weighted by molar-refractivity contribution is -0.190. The normalized spacial score (nSPS) is 29.7. The molecule has 1 aromatic heterocycles. The number of aliphatic imine (C=N–C) groups is 1. The van der Waals surface area contributed by atoms with Gasteiger partial charge in [-0.25, -0.2) is 9.98 Å². The molecule has 59 heavy (non-hydrogen) atoms. The van der Waals surface area contributed by atoms with Crippen molar-refractivity contribution in [1.29, 1.82) is 5.41 Å². The molecule has 3 aromatic rings. The summed E-state index contributed by atoms with van der Waals surface area (Å²) in [6, 6.07) is 14.8. The van der Waals surface area contributed by atoms with Gasteiger partial charge in [0.25, 0.3) is 0 Å². The highest BCUT2D eigenvalue weighted by Gasteiger charge is 2.64. The van der Waals surface area contributed by atoms with Crippen molar-refractivity contribution >= 4 is 57.2 Å². The van der Waals surface area contributed by atoms with Crippen molar-refractivity contribution in [3.63, 3.8) is 0 Å². The van der Waals surface area contributed by atoms with Crippen LogP contribution in [0.2, 0.25) is 0 Å². The highest BCUT2D eigenvalue weighted by Crippen LogP contribution is 2.74. The van der Waals surface area contributed by atoms with Gasteiger partial charge in [-0.2, -0.15) is 0 Å². The molecule has 9 rings (SSSR count). The summed E-state index contributed by atoms with van der Waals surface area (Å²) in [5, 5.41) is 24.6. The molecule has 11 nitrogen and oxygen atoms in total. The number of para-hydroxylation sites is 1. The summed E-state index contributed by atoms with van der Waals surface area (Å²) in [5.74, 6) is 0.329. The molecule has 0 radical (unpaired) electrons. The van der Waals surface area contributed by atoms with Crippen LogP contribution in [0.4, 0.5) is 10.8 Å². The van der Waals surface area contributed by atoms with E-state index in [2.05, 4.69) is 92.0 Å². The predicted molar refractivity (Wildman–Crippen MR) is 239 cm³/mol. The van der Waals surface area contributed by atoms with Crippen molar-refractivity contribution in [2.75, 3.05) is 43.7 Å². The lowest BCUT2D eigenvalue weighted by Crippen LogP contribution is -2.61. The second-order valence-electron chi connectivity index (χ2n) is 19.6. The van der Waals surface area contributed by atoms with Crippen molar-refractivity contribution < 1.29 is 14.7 Å². The number of nitrogens with one attached hydrogen (secondary N) is 3. The van der Waals surface area contributed by atoms with Crippen molar-refractivity contribution in [3.8, 4) is 0 Å². The SMILES string of the molecule is C/C(NCC12CC3(C)CC(CCCN(C=O)CCC(=O)O)(C1)C[C@](C)(C3)C2)=C(/C=N)C1C=NC(N2CCc3cccc(N(C)Nc4nc5ccccc5s4)c3C2)=CC1C. The van der Waals surface area contributed by atoms with Crippen LogP contribution in [-0.4, -0.2) is 77.9 Å². The Hall–Kier alpha value is -4.71. The van der Waals surface area contributed by atoms with E-state index in [1.807, 2.05) is 18.2 Å². The van der Waals surface area contributed by atoms with Gasteiger partial charge < -0.3 is 25.6 Å². The van der Waals surface area contributed by atoms with E-state index >= 15 is 0 Å². The molecule has 4 bridgehead atoms. The van der Waals surface area contributed by atoms with E-state index in [1.54, 1.807) is 22.5 Å². The number of hydrogen-bond donors (Lipinski definition) is 4. The number of rotatable bonds is 17. The number of nitrogens with zero attached hydrogens (tertiary/aromatic N) is 5. The average Bonchev–Trinajstić information content (AvgIpc) is 3.59. The number of aromatic nitrogens is 1. The number of aliphatic carboxylic acids is 1. The molecule has 4 saturated carbocycles. The Morgan fingerprint density at radius 3 is 2.53 bits per heavy atom. The van der Waals surface area contributed by atoms with Gasteiger partial charge in [-0.05, 0) is 133 Å². The second kappa shape index (κ2) is 16.0. The molecular formula is C47H62N8O3S. The van der Waals surface area contributed by atoms with Gasteiger partial charge >= 0.3 is 5.97 Å². The first-order valence-electron chi connectivity index (χ1n) is 21.6. The molecule has 5 unspecified atom stereocenters. The van der Waals surface area contributed by atoms with Gasteiger partial charge in [0.2, 0.25) is 11.5 Å². The number of carboxylic acid groups (broad SMARTS) is 1. The minimum Gasteiger partial charge on any atom is -0.481 e. The maximum Gasteiger partial charge on any atom is 0.305 e. The van der Waals surface area contributed by atoms with Crippen LogP contribution in [0.15, 0.2) is 70.6 Å². The van der Waals surface area contributed by atoms with Crippen molar-refractivity contribution in [1.82, 2.24) is 20.1 Å². The van der Waals surface area contributed by atoms with E-state index in [0.717, 1.165) is 83.4 Å². The lowest BCUT2D eigenvalue weighted by Gasteiger charge is -2.70. The molecule has 2 aromatic carbocycles. The molecule has 1 amide bonds. The topological polar surface area (TPSA) is 137 Å². The lowest BCUT2D eigenvalue weighted by atomic mass is 9.35. The Balaban J connectivity index is 0.923. The summed E-state index contributed by atoms with van der Waals surface area (Å²) in [7, 11) is 2.06. The number of hydrazine groups is 1. The Morgan fingerprint density at radius 2 is 1.81 bits per heavy atom. The molecular weight excluding hydrogens is 757 g/mol. The number of amides is 1. The molecule has 4 aliphatic carbocycles. The zero-order valence-electron chi connectivity index (χ0n) is 35.5. The molecule has 6 atom stereocenters. The fourth-order valence-electron chi connectivity index (χ4n) is 13.1. The molecule has 12 heteroatoms. The number of thiazole rings is 1. The minimum absolute atomic E-state index is 0.0136. The Morgan fingerprint density at radius 1 is 1.05 bits per heavy atom. The fourth-order valence-corrected chi connectivity index (χ4v) is 14.0. The summed E-state index contributed by atoms with van der Waals surface area (Å²) >= 11 is 1.66. The van der Waals surface area contributed by atoms with Gasteiger partial charge in [-0.1, -0.05) is 56.4 Å². The highest BCUT2D eigenvalue weighted by atomic mass is 32.1. The first-order valence-corrected chi connectivity index (χ1v) is 22.4. The number of hydrogen-bond acceptors (Lipinski definition) is 10. The summed E-state index contributed by atoms with van der Waals surface area (Å²) in [4.78, 5) is 36.7. The average molecular weight is 819 g/mol. The molecule has 3 heterocycles. The first kappa shape index (κ1) is 41.0. The van der Waals surface area contributed by atoms with Crippen LogP contribution in [-0.2, 0) is 22.6 Å². The van der Waals surface area contributed by atoms with E-state index in [4.69, 9.17) is 20.5 Å².